The maximum absolute atomic E-state index is 14.9. The first-order chi connectivity index (χ1) is 16.0. The fourth-order valence-corrected chi connectivity index (χ4v) is 3.85. The molecule has 0 bridgehead atoms. The molecule has 0 unspecified atom stereocenters. The average Bonchev–Trinajstić information content (AvgIpc) is 3.41. The van der Waals surface area contributed by atoms with Gasteiger partial charge in [0.15, 0.2) is 5.82 Å². The molecule has 0 aliphatic carbocycles. The Balaban J connectivity index is 1.59. The van der Waals surface area contributed by atoms with Crippen LogP contribution in [0.3, 0.4) is 0 Å². The first-order valence-corrected chi connectivity index (χ1v) is 10.2. The van der Waals surface area contributed by atoms with Crippen LogP contribution in [0, 0.1) is 12.7 Å². The van der Waals surface area contributed by atoms with Crippen molar-refractivity contribution < 1.29 is 31.1 Å². The van der Waals surface area contributed by atoms with Crippen molar-refractivity contribution >= 4 is 5.91 Å². The van der Waals surface area contributed by atoms with Gasteiger partial charge >= 0.3 is 6.18 Å². The van der Waals surface area contributed by atoms with Crippen LogP contribution in [0.15, 0.2) is 36.9 Å². The molecule has 180 valence electrons. The summed E-state index contributed by atoms with van der Waals surface area (Å²) in [5, 5.41) is 7.71. The third-order valence-corrected chi connectivity index (χ3v) is 5.64. The zero-order valence-electron chi connectivity index (χ0n) is 17.7. The second kappa shape index (κ2) is 8.69. The van der Waals surface area contributed by atoms with Crippen LogP contribution < -0.4 is 0 Å². The van der Waals surface area contributed by atoms with Crippen LogP contribution in [0.2, 0.25) is 0 Å². The van der Waals surface area contributed by atoms with Crippen LogP contribution in [-0.2, 0) is 12.6 Å². The summed E-state index contributed by atoms with van der Waals surface area (Å²) in [6.45, 7) is 1.19. The van der Waals surface area contributed by atoms with E-state index < -0.39 is 41.8 Å². The monoisotopic (exact) mass is 484 g/mol. The number of carbonyl (C=O) groups excluding carboxylic acids is 1. The topological polar surface area (TPSA) is 76.8 Å². The quantitative estimate of drug-likeness (QED) is 0.512. The number of carbonyl (C=O) groups is 1. The first kappa shape index (κ1) is 23.6. The highest BCUT2D eigenvalue weighted by atomic mass is 19.4. The highest BCUT2D eigenvalue weighted by Crippen LogP contribution is 2.38. The third kappa shape index (κ3) is 4.46. The molecule has 1 fully saturated rings. The molecule has 0 N–H and O–H groups in total. The molecule has 1 amide bonds. The van der Waals surface area contributed by atoms with Gasteiger partial charge in [0.05, 0.1) is 29.6 Å². The highest BCUT2D eigenvalue weighted by molar-refractivity contribution is 5.98. The Morgan fingerprint density at radius 2 is 1.79 bits per heavy atom. The number of likely N-dealkylation sites (tertiary alicyclic amines) is 1. The smallest absolute Gasteiger partial charge is 0.329 e. The van der Waals surface area contributed by atoms with Crippen LogP contribution in [-0.4, -0.2) is 54.3 Å². The van der Waals surface area contributed by atoms with E-state index in [9.17, 15) is 31.1 Å². The lowest BCUT2D eigenvalue weighted by Gasteiger charge is -2.28. The maximum Gasteiger partial charge on any atom is 0.419 e. The van der Waals surface area contributed by atoms with Crippen LogP contribution in [0.4, 0.5) is 26.3 Å². The molecule has 1 aliphatic rings. The zero-order chi connectivity index (χ0) is 24.7. The molecule has 0 spiro atoms. The van der Waals surface area contributed by atoms with Crippen molar-refractivity contribution in [2.75, 3.05) is 6.54 Å². The highest BCUT2D eigenvalue weighted by Gasteiger charge is 2.50. The number of nitrogens with zero attached hydrogens (tertiary/aromatic N) is 6. The standard InChI is InChI=1S/C21H18F6N6O/c1-12-2-3-14(18(17(12)22)33-30-7-8-31-33)19(34)32-9-6-20(23,24)15(32)4-5-16-28-10-13(11-29-16)21(25,26)27/h2-3,7-8,10-11,15H,4-6,9H2,1H3/t15-/m1/s1. The van der Waals surface area contributed by atoms with Crippen LogP contribution in [0.25, 0.3) is 5.69 Å². The van der Waals surface area contributed by atoms with E-state index >= 15 is 0 Å². The van der Waals surface area contributed by atoms with Gasteiger partial charge in [0, 0.05) is 31.8 Å². The molecule has 1 atom stereocenters. The van der Waals surface area contributed by atoms with Gasteiger partial charge in [-0.3, -0.25) is 4.79 Å². The molecule has 1 aliphatic heterocycles. The Bertz CT molecular complexity index is 1180. The molecule has 0 radical (unpaired) electrons. The van der Waals surface area contributed by atoms with Gasteiger partial charge < -0.3 is 4.90 Å². The number of alkyl halides is 5. The SMILES string of the molecule is Cc1ccc(C(=O)N2CCC(F)(F)[C@H]2CCc2ncc(C(F)(F)F)cn2)c(-n2nccn2)c1F. The Hall–Kier alpha value is -3.51. The van der Waals surface area contributed by atoms with Gasteiger partial charge in [-0.25, -0.2) is 23.1 Å². The lowest BCUT2D eigenvalue weighted by Crippen LogP contribution is -2.43. The Morgan fingerprint density at radius 3 is 2.41 bits per heavy atom. The first-order valence-electron chi connectivity index (χ1n) is 10.2. The van der Waals surface area contributed by atoms with Crippen molar-refractivity contribution in [3.05, 3.63) is 65.3 Å². The summed E-state index contributed by atoms with van der Waals surface area (Å²) in [7, 11) is 0. The summed E-state index contributed by atoms with van der Waals surface area (Å²) >= 11 is 0. The maximum atomic E-state index is 14.9. The Morgan fingerprint density at radius 1 is 1.15 bits per heavy atom. The van der Waals surface area contributed by atoms with Crippen molar-refractivity contribution in [2.24, 2.45) is 0 Å². The number of aryl methyl sites for hydroxylation is 2. The molecular weight excluding hydrogens is 466 g/mol. The van der Waals surface area contributed by atoms with E-state index in [1.165, 1.54) is 31.5 Å². The second-order valence-corrected chi connectivity index (χ2v) is 7.86. The summed E-state index contributed by atoms with van der Waals surface area (Å²) in [4.78, 5) is 22.4. The number of rotatable bonds is 5. The molecule has 3 aromatic rings. The molecule has 13 heteroatoms. The molecular formula is C21H18F6N6O. The molecule has 1 aromatic carbocycles. The second-order valence-electron chi connectivity index (χ2n) is 7.86. The normalized spacial score (nSPS) is 17.9. The zero-order valence-corrected chi connectivity index (χ0v) is 17.7. The molecule has 0 saturated carbocycles. The van der Waals surface area contributed by atoms with E-state index in [-0.39, 0.29) is 42.0 Å². The van der Waals surface area contributed by atoms with Crippen molar-refractivity contribution in [3.63, 3.8) is 0 Å². The largest absolute Gasteiger partial charge is 0.419 e. The minimum atomic E-state index is -4.62. The molecule has 34 heavy (non-hydrogen) atoms. The van der Waals surface area contributed by atoms with Crippen molar-refractivity contribution in [1.29, 1.82) is 0 Å². The van der Waals surface area contributed by atoms with Crippen molar-refractivity contribution in [2.45, 2.75) is 44.3 Å². The summed E-state index contributed by atoms with van der Waals surface area (Å²) in [5.74, 6) is -4.91. The van der Waals surface area contributed by atoms with Gasteiger partial charge in [0.25, 0.3) is 11.8 Å². The lowest BCUT2D eigenvalue weighted by molar-refractivity contribution is -0.138. The minimum absolute atomic E-state index is 0.0640. The van der Waals surface area contributed by atoms with Crippen molar-refractivity contribution in [1.82, 2.24) is 29.9 Å². The van der Waals surface area contributed by atoms with Gasteiger partial charge in [-0.1, -0.05) is 6.07 Å². The van der Waals surface area contributed by atoms with Crippen LogP contribution >= 0.6 is 0 Å². The van der Waals surface area contributed by atoms with E-state index in [0.717, 1.165) is 9.70 Å². The average molecular weight is 484 g/mol. The number of hydrogen-bond acceptors (Lipinski definition) is 5. The summed E-state index contributed by atoms with van der Waals surface area (Å²) < 4.78 is 82.3. The summed E-state index contributed by atoms with van der Waals surface area (Å²) in [5.41, 5.74) is -1.28. The number of hydrogen-bond donors (Lipinski definition) is 0. The summed E-state index contributed by atoms with van der Waals surface area (Å²) in [6.07, 6.45) is -1.98. The predicted octanol–water partition coefficient (Wildman–Crippen LogP) is 4.01. The fraction of sp³-hybridized carbons (Fsp3) is 0.381. The van der Waals surface area contributed by atoms with Gasteiger partial charge in [-0.2, -0.15) is 23.4 Å². The molecule has 1 saturated heterocycles. The lowest BCUT2D eigenvalue weighted by atomic mass is 10.0. The number of benzene rings is 1. The molecule has 2 aromatic heterocycles. The molecule has 4 rings (SSSR count). The van der Waals surface area contributed by atoms with E-state index in [2.05, 4.69) is 20.2 Å². The Labute approximate surface area is 189 Å². The van der Waals surface area contributed by atoms with Gasteiger partial charge in [0.1, 0.15) is 11.5 Å². The van der Waals surface area contributed by atoms with E-state index in [4.69, 9.17) is 0 Å². The summed E-state index contributed by atoms with van der Waals surface area (Å²) in [6, 6.07) is 1.11. The minimum Gasteiger partial charge on any atom is -0.329 e. The number of aromatic nitrogens is 5. The van der Waals surface area contributed by atoms with Gasteiger partial charge in [-0.15, -0.1) is 4.80 Å². The Kier molecular flexibility index (Phi) is 6.04. The van der Waals surface area contributed by atoms with E-state index in [0.29, 0.717) is 12.4 Å². The molecule has 3 heterocycles. The van der Waals surface area contributed by atoms with Crippen LogP contribution in [0.1, 0.15) is 40.2 Å². The van der Waals surface area contributed by atoms with Gasteiger partial charge in [0.2, 0.25) is 0 Å². The van der Waals surface area contributed by atoms with Crippen LogP contribution in [0.5, 0.6) is 0 Å². The number of halogens is 6. The fourth-order valence-electron chi connectivity index (χ4n) is 3.85. The predicted molar refractivity (Wildman–Crippen MR) is 106 cm³/mol. The van der Waals surface area contributed by atoms with E-state index in [1.54, 1.807) is 0 Å². The van der Waals surface area contributed by atoms with E-state index in [1.807, 2.05) is 0 Å². The third-order valence-electron chi connectivity index (χ3n) is 5.64. The van der Waals surface area contributed by atoms with Gasteiger partial charge in [-0.05, 0) is 25.0 Å². The van der Waals surface area contributed by atoms with Crippen molar-refractivity contribution in [3.8, 4) is 5.69 Å². The molecule has 7 nitrogen and oxygen atoms in total. The number of amides is 1.